The zero-order valence-corrected chi connectivity index (χ0v) is 24.0. The van der Waals surface area contributed by atoms with Crippen LogP contribution >= 0.6 is 0 Å². The number of hydrogen-bond acceptors (Lipinski definition) is 2. The molecule has 0 aromatic heterocycles. The number of ether oxygens (including phenoxy) is 1. The van der Waals surface area contributed by atoms with Gasteiger partial charge in [0.1, 0.15) is 12.5 Å². The summed E-state index contributed by atoms with van der Waals surface area (Å²) in [5, 5.41) is 0. The summed E-state index contributed by atoms with van der Waals surface area (Å²) in [6, 6.07) is 0. The summed E-state index contributed by atoms with van der Waals surface area (Å²) >= 11 is 0. The highest BCUT2D eigenvalue weighted by Gasteiger charge is 2.61. The van der Waals surface area contributed by atoms with Crippen LogP contribution in [0.1, 0.15) is 118 Å². The third-order valence-corrected chi connectivity index (χ3v) is 11.9. The van der Waals surface area contributed by atoms with E-state index in [9.17, 15) is 26.7 Å². The van der Waals surface area contributed by atoms with E-state index < -0.39 is 30.6 Å². The molecule has 4 aliphatic carbocycles. The lowest BCUT2D eigenvalue weighted by molar-refractivity contribution is -0.284. The van der Waals surface area contributed by atoms with Gasteiger partial charge in [0, 0.05) is 0 Å². The van der Waals surface area contributed by atoms with E-state index in [1.807, 2.05) is 0 Å². The minimum Gasteiger partial charge on any atom is -0.462 e. The minimum absolute atomic E-state index is 0.129. The number of hydrogen-bond donors (Lipinski definition) is 0. The molecule has 0 amide bonds. The maximum absolute atomic E-state index is 13.3. The van der Waals surface area contributed by atoms with Crippen molar-refractivity contribution >= 4 is 5.97 Å². The molecule has 0 aliphatic heterocycles. The van der Waals surface area contributed by atoms with Crippen molar-refractivity contribution in [1.82, 2.24) is 0 Å². The van der Waals surface area contributed by atoms with Gasteiger partial charge in [-0.25, -0.2) is 0 Å². The number of carbonyl (C=O) groups is 1. The third kappa shape index (κ3) is 5.64. The van der Waals surface area contributed by atoms with Crippen molar-refractivity contribution in [3.8, 4) is 0 Å². The maximum Gasteiger partial charge on any atom is 0.453 e. The Bertz CT molecular complexity index is 841. The molecule has 4 fully saturated rings. The fraction of sp³-hybridized carbons (Fsp3) is 0.968. The second-order valence-corrected chi connectivity index (χ2v) is 14.5. The molecule has 220 valence electrons. The van der Waals surface area contributed by atoms with Crippen LogP contribution in [0.25, 0.3) is 0 Å². The Labute approximate surface area is 226 Å². The standard InChI is InChI=1S/C31H49F5O2/c1-19(2)7-6-8-20(3)24-11-12-25-23-10-9-21-17-22(38-27(37)18-30(32,33)31(34,35)36)13-15-28(21,4)26(23)14-16-29(24,25)5/h19-26H,6-18H2,1-5H3/t20-,21+,22+,23+,24-,25+,26+,28+,29-/m1/s1. The Morgan fingerprint density at radius 3 is 2.18 bits per heavy atom. The van der Waals surface area contributed by atoms with Crippen molar-refractivity contribution in [2.24, 2.45) is 52.3 Å². The zero-order valence-electron chi connectivity index (χ0n) is 24.0. The summed E-state index contributed by atoms with van der Waals surface area (Å²) in [5.41, 5.74) is 0.544. The lowest BCUT2D eigenvalue weighted by Gasteiger charge is -2.61. The molecule has 4 rings (SSSR count). The van der Waals surface area contributed by atoms with Crippen LogP contribution in [0.2, 0.25) is 0 Å². The number of esters is 1. The summed E-state index contributed by atoms with van der Waals surface area (Å²) in [4.78, 5) is 12.0. The van der Waals surface area contributed by atoms with Gasteiger partial charge in [-0.05, 0) is 110 Å². The van der Waals surface area contributed by atoms with Gasteiger partial charge in [-0.1, -0.05) is 53.9 Å². The van der Waals surface area contributed by atoms with Gasteiger partial charge < -0.3 is 4.74 Å². The molecule has 0 saturated heterocycles. The topological polar surface area (TPSA) is 26.3 Å². The van der Waals surface area contributed by atoms with Gasteiger partial charge in [0.05, 0.1) is 0 Å². The molecular formula is C31H49F5O2. The highest BCUT2D eigenvalue weighted by molar-refractivity contribution is 5.70. The Kier molecular flexibility index (Phi) is 8.58. The first kappa shape index (κ1) is 30.1. The van der Waals surface area contributed by atoms with Crippen LogP contribution in [0.3, 0.4) is 0 Å². The molecule has 0 heterocycles. The molecule has 0 aromatic rings. The Hall–Kier alpha value is -0.880. The van der Waals surface area contributed by atoms with Crippen LogP contribution < -0.4 is 0 Å². The number of carbonyl (C=O) groups excluding carboxylic acids is 1. The maximum atomic E-state index is 13.3. The van der Waals surface area contributed by atoms with E-state index in [2.05, 4.69) is 34.6 Å². The molecule has 9 atom stereocenters. The first-order chi connectivity index (χ1) is 17.6. The first-order valence-corrected chi connectivity index (χ1v) is 15.2. The van der Waals surface area contributed by atoms with E-state index in [0.29, 0.717) is 36.0 Å². The van der Waals surface area contributed by atoms with Crippen molar-refractivity contribution in [2.75, 3.05) is 0 Å². The first-order valence-electron chi connectivity index (χ1n) is 15.2. The predicted octanol–water partition coefficient (Wildman–Crippen LogP) is 9.61. The molecule has 7 heteroatoms. The van der Waals surface area contributed by atoms with Crippen LogP contribution in [0.5, 0.6) is 0 Å². The SMILES string of the molecule is CC(C)CCC[C@@H](C)[C@H]1CC[C@H]2[C@@H]3CC[C@H]4C[C@@H](OC(=O)CC(F)(F)C(F)(F)F)CC[C@]4(C)[C@H]3CC[C@]12C. The fourth-order valence-electron chi connectivity index (χ4n) is 9.86. The van der Waals surface area contributed by atoms with Crippen molar-refractivity contribution < 1.29 is 31.5 Å². The van der Waals surface area contributed by atoms with Crippen LogP contribution in [0, 0.1) is 52.3 Å². The van der Waals surface area contributed by atoms with Gasteiger partial charge in [-0.15, -0.1) is 0 Å². The van der Waals surface area contributed by atoms with Crippen molar-refractivity contribution in [2.45, 2.75) is 136 Å². The Morgan fingerprint density at radius 2 is 1.53 bits per heavy atom. The molecule has 38 heavy (non-hydrogen) atoms. The summed E-state index contributed by atoms with van der Waals surface area (Å²) in [5.74, 6) is -1.73. The Balaban J connectivity index is 1.36. The zero-order chi connectivity index (χ0) is 28.1. The van der Waals surface area contributed by atoms with Gasteiger partial charge in [-0.2, -0.15) is 22.0 Å². The fourth-order valence-corrected chi connectivity index (χ4v) is 9.86. The summed E-state index contributed by atoms with van der Waals surface area (Å²) in [6.45, 7) is 12.1. The summed E-state index contributed by atoms with van der Waals surface area (Å²) in [6.07, 6.45) is 5.07. The van der Waals surface area contributed by atoms with Crippen LogP contribution in [-0.2, 0) is 9.53 Å². The molecule has 0 unspecified atom stereocenters. The van der Waals surface area contributed by atoms with Crippen molar-refractivity contribution in [1.29, 1.82) is 0 Å². The van der Waals surface area contributed by atoms with Gasteiger partial charge in [0.25, 0.3) is 0 Å². The number of halogens is 5. The second-order valence-electron chi connectivity index (χ2n) is 14.5. The average molecular weight is 549 g/mol. The van der Waals surface area contributed by atoms with Crippen LogP contribution in [0.15, 0.2) is 0 Å². The van der Waals surface area contributed by atoms with Gasteiger partial charge in [0.2, 0.25) is 0 Å². The second kappa shape index (κ2) is 10.8. The molecule has 0 aromatic carbocycles. The summed E-state index contributed by atoms with van der Waals surface area (Å²) < 4.78 is 69.4. The molecule has 0 N–H and O–H groups in total. The summed E-state index contributed by atoms with van der Waals surface area (Å²) in [7, 11) is 0. The van der Waals surface area contributed by atoms with E-state index in [4.69, 9.17) is 4.74 Å². The number of rotatable bonds is 8. The number of fused-ring (bicyclic) bond motifs is 5. The lowest BCUT2D eigenvalue weighted by atomic mass is 9.44. The largest absolute Gasteiger partial charge is 0.462 e. The highest BCUT2D eigenvalue weighted by Crippen LogP contribution is 2.68. The monoisotopic (exact) mass is 548 g/mol. The molecule has 2 nitrogen and oxygen atoms in total. The van der Waals surface area contributed by atoms with E-state index in [-0.39, 0.29) is 5.41 Å². The Morgan fingerprint density at radius 1 is 0.868 bits per heavy atom. The highest BCUT2D eigenvalue weighted by atomic mass is 19.4. The van der Waals surface area contributed by atoms with Gasteiger partial charge in [0.15, 0.2) is 0 Å². The lowest BCUT2D eigenvalue weighted by Crippen LogP contribution is -2.54. The van der Waals surface area contributed by atoms with E-state index in [0.717, 1.165) is 42.9 Å². The number of alkyl halides is 5. The molecule has 0 radical (unpaired) electrons. The molecule has 4 aliphatic rings. The smallest absolute Gasteiger partial charge is 0.453 e. The predicted molar refractivity (Wildman–Crippen MR) is 139 cm³/mol. The quantitative estimate of drug-likeness (QED) is 0.223. The van der Waals surface area contributed by atoms with E-state index in [1.54, 1.807) is 0 Å². The van der Waals surface area contributed by atoms with Crippen molar-refractivity contribution in [3.05, 3.63) is 0 Å². The van der Waals surface area contributed by atoms with Crippen molar-refractivity contribution in [3.63, 3.8) is 0 Å². The molecule has 4 saturated carbocycles. The molecule has 0 spiro atoms. The minimum atomic E-state index is -5.74. The normalized spacial score (nSPS) is 40.3. The van der Waals surface area contributed by atoms with Crippen LogP contribution in [-0.4, -0.2) is 24.2 Å². The molecular weight excluding hydrogens is 499 g/mol. The van der Waals surface area contributed by atoms with E-state index in [1.165, 1.54) is 44.9 Å². The van der Waals surface area contributed by atoms with Gasteiger partial charge in [-0.3, -0.25) is 4.79 Å². The van der Waals surface area contributed by atoms with Gasteiger partial charge >= 0.3 is 18.1 Å². The van der Waals surface area contributed by atoms with E-state index >= 15 is 0 Å². The van der Waals surface area contributed by atoms with Crippen LogP contribution in [0.4, 0.5) is 22.0 Å². The third-order valence-electron chi connectivity index (χ3n) is 11.9. The average Bonchev–Trinajstić information content (AvgIpc) is 3.15. The molecule has 0 bridgehead atoms.